The predicted octanol–water partition coefficient (Wildman–Crippen LogP) is 1.19. The summed E-state index contributed by atoms with van der Waals surface area (Å²) >= 11 is 5.88. The third-order valence-corrected chi connectivity index (χ3v) is 4.25. The van der Waals surface area contributed by atoms with E-state index in [-0.39, 0.29) is 27.4 Å². The van der Waals surface area contributed by atoms with Gasteiger partial charge in [-0.3, -0.25) is 4.79 Å². The minimum absolute atomic E-state index is 0.0560. The topological polar surface area (TPSA) is 89.3 Å². The first-order valence-electron chi connectivity index (χ1n) is 5.43. The summed E-state index contributed by atoms with van der Waals surface area (Å²) in [5.41, 5.74) is 0.761. The standard InChI is InChI=1S/C11H13ClN2O3S/c1-6-4-7(11(15)14-8-2-3-8)5-9(10(6)12)18(13,16)17/h4-5,8H,2-3H2,1H3,(H,14,15)(H2,13,16,17). The quantitative estimate of drug-likeness (QED) is 0.875. The van der Waals surface area contributed by atoms with Gasteiger partial charge in [-0.15, -0.1) is 0 Å². The van der Waals surface area contributed by atoms with Crippen LogP contribution < -0.4 is 10.5 Å². The molecule has 3 N–H and O–H groups in total. The maximum absolute atomic E-state index is 11.8. The van der Waals surface area contributed by atoms with Gasteiger partial charge in [0.1, 0.15) is 4.90 Å². The van der Waals surface area contributed by atoms with Crippen LogP contribution in [0, 0.1) is 6.92 Å². The van der Waals surface area contributed by atoms with Crippen molar-refractivity contribution in [2.75, 3.05) is 0 Å². The summed E-state index contributed by atoms with van der Waals surface area (Å²) in [4.78, 5) is 11.6. The Labute approximate surface area is 110 Å². The molecule has 1 fully saturated rings. The van der Waals surface area contributed by atoms with E-state index in [0.29, 0.717) is 5.56 Å². The second-order valence-corrected chi connectivity index (χ2v) is 6.31. The van der Waals surface area contributed by atoms with Gasteiger partial charge in [0.15, 0.2) is 0 Å². The van der Waals surface area contributed by atoms with Crippen LogP contribution in [0.3, 0.4) is 0 Å². The highest BCUT2D eigenvalue weighted by atomic mass is 35.5. The van der Waals surface area contributed by atoms with Crippen LogP contribution in [0.4, 0.5) is 0 Å². The Kier molecular flexibility index (Phi) is 3.35. The van der Waals surface area contributed by atoms with Crippen LogP contribution >= 0.6 is 11.6 Å². The van der Waals surface area contributed by atoms with Gasteiger partial charge in [0.2, 0.25) is 10.0 Å². The molecule has 0 atom stereocenters. The van der Waals surface area contributed by atoms with E-state index in [9.17, 15) is 13.2 Å². The van der Waals surface area contributed by atoms with Crippen molar-refractivity contribution >= 4 is 27.5 Å². The second-order valence-electron chi connectivity index (χ2n) is 4.40. The lowest BCUT2D eigenvalue weighted by Gasteiger charge is -2.09. The van der Waals surface area contributed by atoms with Gasteiger partial charge in [0, 0.05) is 11.6 Å². The van der Waals surface area contributed by atoms with Crippen molar-refractivity contribution in [1.82, 2.24) is 5.32 Å². The van der Waals surface area contributed by atoms with Crippen LogP contribution in [0.5, 0.6) is 0 Å². The van der Waals surface area contributed by atoms with E-state index in [2.05, 4.69) is 5.32 Å². The van der Waals surface area contributed by atoms with E-state index in [1.54, 1.807) is 13.0 Å². The molecule has 0 spiro atoms. The van der Waals surface area contributed by atoms with E-state index >= 15 is 0 Å². The molecule has 7 heteroatoms. The number of hydrogen-bond donors (Lipinski definition) is 2. The normalized spacial score (nSPS) is 15.5. The van der Waals surface area contributed by atoms with Gasteiger partial charge in [0.05, 0.1) is 5.02 Å². The molecule has 0 bridgehead atoms. The number of aryl methyl sites for hydroxylation is 1. The zero-order valence-corrected chi connectivity index (χ0v) is 11.3. The summed E-state index contributed by atoms with van der Waals surface area (Å²) in [6.07, 6.45) is 1.92. The number of nitrogens with one attached hydrogen (secondary N) is 1. The molecule has 1 aromatic rings. The monoisotopic (exact) mass is 288 g/mol. The molecule has 1 aromatic carbocycles. The highest BCUT2D eigenvalue weighted by molar-refractivity contribution is 7.89. The summed E-state index contributed by atoms with van der Waals surface area (Å²) in [6, 6.07) is 2.96. The average molecular weight is 289 g/mol. The first-order chi connectivity index (χ1) is 8.29. The Morgan fingerprint density at radius 2 is 2.06 bits per heavy atom. The zero-order valence-electron chi connectivity index (χ0n) is 9.73. The summed E-state index contributed by atoms with van der Waals surface area (Å²) in [6.45, 7) is 1.63. The van der Waals surface area contributed by atoms with Crippen molar-refractivity contribution in [2.24, 2.45) is 5.14 Å². The zero-order chi connectivity index (χ0) is 13.5. The van der Waals surface area contributed by atoms with Crippen LogP contribution in [0.2, 0.25) is 5.02 Å². The molecule has 0 heterocycles. The van der Waals surface area contributed by atoms with E-state index in [4.69, 9.17) is 16.7 Å². The Morgan fingerprint density at radius 3 is 2.56 bits per heavy atom. The second kappa shape index (κ2) is 4.53. The SMILES string of the molecule is Cc1cc(C(=O)NC2CC2)cc(S(N)(=O)=O)c1Cl. The molecule has 1 saturated carbocycles. The molecule has 0 radical (unpaired) electrons. The summed E-state index contributed by atoms with van der Waals surface area (Å²) in [5, 5.41) is 7.90. The van der Waals surface area contributed by atoms with Crippen molar-refractivity contribution in [3.05, 3.63) is 28.3 Å². The van der Waals surface area contributed by atoms with Gasteiger partial charge < -0.3 is 5.32 Å². The minimum atomic E-state index is -3.94. The molecule has 0 aromatic heterocycles. The molecule has 98 valence electrons. The predicted molar refractivity (Wildman–Crippen MR) is 68.1 cm³/mol. The Morgan fingerprint density at radius 1 is 1.44 bits per heavy atom. The third-order valence-electron chi connectivity index (χ3n) is 2.70. The van der Waals surface area contributed by atoms with E-state index in [0.717, 1.165) is 12.8 Å². The molecule has 1 aliphatic carbocycles. The van der Waals surface area contributed by atoms with Gasteiger partial charge in [-0.2, -0.15) is 0 Å². The lowest BCUT2D eigenvalue weighted by molar-refractivity contribution is 0.0951. The number of nitrogens with two attached hydrogens (primary N) is 1. The number of halogens is 1. The Hall–Kier alpha value is -1.11. The van der Waals surface area contributed by atoms with Crippen molar-refractivity contribution in [3.8, 4) is 0 Å². The smallest absolute Gasteiger partial charge is 0.251 e. The summed E-state index contributed by atoms with van der Waals surface area (Å²) in [7, 11) is -3.94. The van der Waals surface area contributed by atoms with Crippen molar-refractivity contribution in [1.29, 1.82) is 0 Å². The van der Waals surface area contributed by atoms with Gasteiger partial charge in [0.25, 0.3) is 5.91 Å². The van der Waals surface area contributed by atoms with Crippen LogP contribution in [0.25, 0.3) is 0 Å². The molecule has 1 aliphatic rings. The molecule has 2 rings (SSSR count). The van der Waals surface area contributed by atoms with E-state index in [1.807, 2.05) is 0 Å². The number of carbonyl (C=O) groups excluding carboxylic acids is 1. The van der Waals surface area contributed by atoms with Crippen LogP contribution in [0.1, 0.15) is 28.8 Å². The molecule has 0 aliphatic heterocycles. The fourth-order valence-corrected chi connectivity index (χ4v) is 2.71. The van der Waals surface area contributed by atoms with Crippen molar-refractivity contribution in [2.45, 2.75) is 30.7 Å². The fourth-order valence-electron chi connectivity index (χ4n) is 1.57. The minimum Gasteiger partial charge on any atom is -0.349 e. The highest BCUT2D eigenvalue weighted by Crippen LogP contribution is 2.26. The molecule has 0 saturated heterocycles. The molecular formula is C11H13ClN2O3S. The molecule has 0 unspecified atom stereocenters. The highest BCUT2D eigenvalue weighted by Gasteiger charge is 2.25. The molecular weight excluding hydrogens is 276 g/mol. The number of benzene rings is 1. The third kappa shape index (κ3) is 2.82. The van der Waals surface area contributed by atoms with Crippen molar-refractivity contribution < 1.29 is 13.2 Å². The summed E-state index contributed by atoms with van der Waals surface area (Å²) in [5.74, 6) is -0.304. The number of hydrogen-bond acceptors (Lipinski definition) is 3. The maximum Gasteiger partial charge on any atom is 0.251 e. The van der Waals surface area contributed by atoms with Gasteiger partial charge in [-0.25, -0.2) is 13.6 Å². The van der Waals surface area contributed by atoms with Crippen molar-refractivity contribution in [3.63, 3.8) is 0 Å². The molecule has 18 heavy (non-hydrogen) atoms. The van der Waals surface area contributed by atoms with E-state index < -0.39 is 10.0 Å². The lowest BCUT2D eigenvalue weighted by atomic mass is 10.1. The van der Waals surface area contributed by atoms with Crippen LogP contribution in [-0.2, 0) is 10.0 Å². The maximum atomic E-state index is 11.8. The number of primary sulfonamides is 1. The lowest BCUT2D eigenvalue weighted by Crippen LogP contribution is -2.26. The summed E-state index contributed by atoms with van der Waals surface area (Å²) < 4.78 is 22.8. The fraction of sp³-hybridized carbons (Fsp3) is 0.364. The number of carbonyl (C=O) groups is 1. The molecule has 5 nitrogen and oxygen atoms in total. The Balaban J connectivity index is 2.43. The average Bonchev–Trinajstić information content (AvgIpc) is 3.03. The van der Waals surface area contributed by atoms with Crippen LogP contribution in [0.15, 0.2) is 17.0 Å². The Bertz CT molecular complexity index is 609. The van der Waals surface area contributed by atoms with Gasteiger partial charge >= 0.3 is 0 Å². The first kappa shape index (κ1) is 13.3. The van der Waals surface area contributed by atoms with Gasteiger partial charge in [-0.1, -0.05) is 11.6 Å². The molecule has 1 amide bonds. The van der Waals surface area contributed by atoms with Gasteiger partial charge in [-0.05, 0) is 37.5 Å². The van der Waals surface area contributed by atoms with Crippen LogP contribution in [-0.4, -0.2) is 20.4 Å². The first-order valence-corrected chi connectivity index (χ1v) is 7.35. The number of sulfonamides is 1. The van der Waals surface area contributed by atoms with E-state index in [1.165, 1.54) is 6.07 Å². The largest absolute Gasteiger partial charge is 0.349 e. The number of amides is 1. The number of rotatable bonds is 3.